The van der Waals surface area contributed by atoms with Crippen LogP contribution in [0.15, 0.2) is 28.6 Å². The maximum Gasteiger partial charge on any atom is 0.178 e. The first-order valence-electron chi connectivity index (χ1n) is 4.05. The Morgan fingerprint density at radius 1 is 1.46 bits per heavy atom. The fraction of sp³-hybridized carbons (Fsp3) is 0.222. The van der Waals surface area contributed by atoms with E-state index < -0.39 is 0 Å². The summed E-state index contributed by atoms with van der Waals surface area (Å²) in [4.78, 5) is 4.41. The molecule has 0 fully saturated rings. The number of thiazole rings is 1. The molecule has 0 spiro atoms. The molecule has 0 aliphatic heterocycles. The van der Waals surface area contributed by atoms with Crippen molar-refractivity contribution >= 4 is 33.6 Å². The highest BCUT2D eigenvalue weighted by Crippen LogP contribution is 2.29. The third kappa shape index (κ3) is 2.02. The van der Waals surface area contributed by atoms with Gasteiger partial charge < -0.3 is 4.18 Å². The first-order chi connectivity index (χ1) is 6.40. The van der Waals surface area contributed by atoms with Crippen molar-refractivity contribution in [3.05, 3.63) is 24.3 Å². The van der Waals surface area contributed by atoms with Gasteiger partial charge in [-0.15, -0.1) is 11.3 Å². The number of rotatable bonds is 3. The number of para-hydroxylation sites is 1. The van der Waals surface area contributed by atoms with Crippen LogP contribution in [0.25, 0.3) is 10.2 Å². The summed E-state index contributed by atoms with van der Waals surface area (Å²) in [5, 5.41) is 0. The third-order valence-electron chi connectivity index (χ3n) is 1.52. The smallest absolute Gasteiger partial charge is 0.178 e. The lowest BCUT2D eigenvalue weighted by Crippen LogP contribution is -1.76. The lowest BCUT2D eigenvalue weighted by molar-refractivity contribution is 0.401. The van der Waals surface area contributed by atoms with E-state index in [0.29, 0.717) is 6.61 Å². The van der Waals surface area contributed by atoms with Gasteiger partial charge in [0.25, 0.3) is 0 Å². The van der Waals surface area contributed by atoms with E-state index >= 15 is 0 Å². The zero-order valence-electron chi connectivity index (χ0n) is 7.19. The van der Waals surface area contributed by atoms with E-state index in [9.17, 15) is 0 Å². The van der Waals surface area contributed by atoms with Crippen LogP contribution in [0.4, 0.5) is 0 Å². The molecule has 1 heterocycles. The van der Waals surface area contributed by atoms with Gasteiger partial charge in [0.15, 0.2) is 4.34 Å². The van der Waals surface area contributed by atoms with Gasteiger partial charge >= 0.3 is 0 Å². The normalized spacial score (nSPS) is 10.8. The Morgan fingerprint density at radius 2 is 2.31 bits per heavy atom. The van der Waals surface area contributed by atoms with E-state index in [2.05, 4.69) is 11.1 Å². The maximum atomic E-state index is 5.21. The van der Waals surface area contributed by atoms with E-state index in [4.69, 9.17) is 4.18 Å². The highest BCUT2D eigenvalue weighted by Gasteiger charge is 2.02. The molecule has 0 amide bonds. The third-order valence-corrected chi connectivity index (χ3v) is 3.39. The van der Waals surface area contributed by atoms with Crippen LogP contribution in [-0.4, -0.2) is 11.6 Å². The van der Waals surface area contributed by atoms with Crippen LogP contribution in [0.2, 0.25) is 0 Å². The molecule has 2 aromatic rings. The second kappa shape index (κ2) is 4.09. The van der Waals surface area contributed by atoms with Gasteiger partial charge in [-0.3, -0.25) is 0 Å². The van der Waals surface area contributed by atoms with E-state index in [1.54, 1.807) is 11.3 Å². The number of aromatic nitrogens is 1. The Balaban J connectivity index is 2.28. The van der Waals surface area contributed by atoms with Crippen molar-refractivity contribution in [3.8, 4) is 0 Å². The van der Waals surface area contributed by atoms with Crippen LogP contribution in [0.5, 0.6) is 0 Å². The molecule has 0 aliphatic rings. The summed E-state index contributed by atoms with van der Waals surface area (Å²) in [7, 11) is 0. The van der Waals surface area contributed by atoms with Crippen LogP contribution in [0.1, 0.15) is 6.92 Å². The predicted molar refractivity (Wildman–Crippen MR) is 57.1 cm³/mol. The van der Waals surface area contributed by atoms with Gasteiger partial charge in [-0.1, -0.05) is 12.1 Å². The van der Waals surface area contributed by atoms with Crippen molar-refractivity contribution in [3.63, 3.8) is 0 Å². The number of hydrogen-bond acceptors (Lipinski definition) is 4. The van der Waals surface area contributed by atoms with Crippen LogP contribution < -0.4 is 0 Å². The Labute approximate surface area is 85.1 Å². The molecule has 0 unspecified atom stereocenters. The summed E-state index contributed by atoms with van der Waals surface area (Å²) in [6.45, 7) is 2.68. The van der Waals surface area contributed by atoms with Crippen molar-refractivity contribution in [2.24, 2.45) is 0 Å². The summed E-state index contributed by atoms with van der Waals surface area (Å²) < 4.78 is 7.40. The van der Waals surface area contributed by atoms with Crippen molar-refractivity contribution < 1.29 is 4.18 Å². The molecule has 0 N–H and O–H groups in total. The minimum absolute atomic E-state index is 0.709. The quantitative estimate of drug-likeness (QED) is 0.727. The van der Waals surface area contributed by atoms with Crippen molar-refractivity contribution in [2.45, 2.75) is 11.3 Å². The Hall–Kier alpha value is -0.580. The first-order valence-corrected chi connectivity index (χ1v) is 5.61. The van der Waals surface area contributed by atoms with Gasteiger partial charge in [-0.25, -0.2) is 4.98 Å². The van der Waals surface area contributed by atoms with Crippen LogP contribution in [0, 0.1) is 0 Å². The molecule has 0 radical (unpaired) electrons. The second-order valence-electron chi connectivity index (χ2n) is 2.44. The molecular formula is C9H9NOS2. The SMILES string of the molecule is CCOSc1nc2ccccc2s1. The minimum atomic E-state index is 0.709. The van der Waals surface area contributed by atoms with Gasteiger partial charge in [0.05, 0.1) is 28.9 Å². The number of hydrogen-bond donors (Lipinski definition) is 0. The van der Waals surface area contributed by atoms with Crippen molar-refractivity contribution in [2.75, 3.05) is 6.61 Å². The average Bonchev–Trinajstić information content (AvgIpc) is 2.57. The molecule has 2 rings (SSSR count). The molecule has 0 aliphatic carbocycles. The summed E-state index contributed by atoms with van der Waals surface area (Å²) in [6.07, 6.45) is 0. The molecule has 0 saturated heterocycles. The molecule has 0 bridgehead atoms. The van der Waals surface area contributed by atoms with Crippen LogP contribution in [-0.2, 0) is 4.18 Å². The fourth-order valence-corrected chi connectivity index (χ4v) is 2.60. The van der Waals surface area contributed by atoms with Gasteiger partial charge in [0.2, 0.25) is 0 Å². The number of benzene rings is 1. The molecule has 4 heteroatoms. The highest BCUT2D eigenvalue weighted by molar-refractivity contribution is 7.96. The second-order valence-corrected chi connectivity index (χ2v) is 4.52. The topological polar surface area (TPSA) is 22.1 Å². The molecule has 13 heavy (non-hydrogen) atoms. The molecule has 1 aromatic heterocycles. The zero-order chi connectivity index (χ0) is 9.10. The molecule has 0 saturated carbocycles. The van der Waals surface area contributed by atoms with Crippen LogP contribution >= 0.6 is 23.4 Å². The van der Waals surface area contributed by atoms with E-state index in [0.717, 1.165) is 9.86 Å². The summed E-state index contributed by atoms with van der Waals surface area (Å²) in [5.74, 6) is 0. The molecular weight excluding hydrogens is 202 g/mol. The van der Waals surface area contributed by atoms with Gasteiger partial charge in [-0.05, 0) is 19.1 Å². The number of fused-ring (bicyclic) bond motifs is 1. The lowest BCUT2D eigenvalue weighted by atomic mass is 10.3. The minimum Gasteiger partial charge on any atom is -0.309 e. The van der Waals surface area contributed by atoms with Gasteiger partial charge in [0.1, 0.15) is 0 Å². The van der Waals surface area contributed by atoms with Crippen molar-refractivity contribution in [1.82, 2.24) is 4.98 Å². The summed E-state index contributed by atoms with van der Waals surface area (Å²) >= 11 is 3.02. The first kappa shape index (κ1) is 8.99. The van der Waals surface area contributed by atoms with E-state index in [1.165, 1.54) is 16.7 Å². The average molecular weight is 211 g/mol. The summed E-state index contributed by atoms with van der Waals surface area (Å²) in [5.41, 5.74) is 1.05. The zero-order valence-corrected chi connectivity index (χ0v) is 8.82. The van der Waals surface area contributed by atoms with Gasteiger partial charge in [0, 0.05) is 0 Å². The Bertz CT molecular complexity index is 366. The molecule has 2 nitrogen and oxygen atoms in total. The monoisotopic (exact) mass is 211 g/mol. The lowest BCUT2D eigenvalue weighted by Gasteiger charge is -1.91. The molecule has 0 atom stereocenters. The Kier molecular flexibility index (Phi) is 2.83. The standard InChI is InChI=1S/C9H9NOS2/c1-2-11-13-9-10-7-5-3-4-6-8(7)12-9/h3-6H,2H2,1H3. The van der Waals surface area contributed by atoms with Gasteiger partial charge in [-0.2, -0.15) is 0 Å². The Morgan fingerprint density at radius 3 is 3.08 bits per heavy atom. The van der Waals surface area contributed by atoms with Crippen molar-refractivity contribution in [1.29, 1.82) is 0 Å². The maximum absolute atomic E-state index is 5.21. The van der Waals surface area contributed by atoms with Crippen LogP contribution in [0.3, 0.4) is 0 Å². The number of nitrogens with zero attached hydrogens (tertiary/aromatic N) is 1. The summed E-state index contributed by atoms with van der Waals surface area (Å²) in [6, 6.07) is 8.11. The fourth-order valence-electron chi connectivity index (χ4n) is 0.996. The predicted octanol–water partition coefficient (Wildman–Crippen LogP) is 3.34. The molecule has 1 aromatic carbocycles. The van der Waals surface area contributed by atoms with E-state index in [-0.39, 0.29) is 0 Å². The largest absolute Gasteiger partial charge is 0.309 e. The van der Waals surface area contributed by atoms with E-state index in [1.807, 2.05) is 25.1 Å². The molecule has 68 valence electrons. The highest BCUT2D eigenvalue weighted by atomic mass is 32.2.